The number of ether oxygens (including phenoxy) is 4. The number of carbonyl (C=O) groups is 4. The summed E-state index contributed by atoms with van der Waals surface area (Å²) in [5.41, 5.74) is -2.58. The Labute approximate surface area is 170 Å². The third kappa shape index (κ3) is 5.91. The van der Waals surface area contributed by atoms with Crippen molar-refractivity contribution < 1.29 is 38.1 Å². The number of hydrogen-bond donors (Lipinski definition) is 0. The molecular weight excluding hydrogens is 380 g/mol. The first-order chi connectivity index (χ1) is 13.2. The van der Waals surface area contributed by atoms with Crippen LogP contribution in [0.2, 0.25) is 0 Å². The minimum absolute atomic E-state index is 0.858. The fourth-order valence-electron chi connectivity index (χ4n) is 2.25. The number of esters is 4. The molecule has 0 aliphatic heterocycles. The predicted molar refractivity (Wildman–Crippen MR) is 105 cm³/mol. The number of carbonyl (C=O) groups excluding carboxylic acids is 4. The van der Waals surface area contributed by atoms with Gasteiger partial charge in [0.25, 0.3) is 12.1 Å². The maximum Gasteiger partial charge on any atom is 0.333 e. The lowest BCUT2D eigenvalue weighted by Crippen LogP contribution is -2.60. The van der Waals surface area contributed by atoms with Gasteiger partial charge < -0.3 is 18.9 Å². The molecule has 0 atom stereocenters. The van der Waals surface area contributed by atoms with Crippen LogP contribution in [0.3, 0.4) is 0 Å². The van der Waals surface area contributed by atoms with E-state index >= 15 is 0 Å². The SMILES string of the molecule is C=CC(=O)OC(OC(=O)C=C)C(C)(C)C(C)(C)C(C)(OC(=O)C=C)OC(=O)C=C. The highest BCUT2D eigenvalue weighted by Gasteiger charge is 2.60. The summed E-state index contributed by atoms with van der Waals surface area (Å²) in [4.78, 5) is 47.5. The van der Waals surface area contributed by atoms with E-state index in [4.69, 9.17) is 18.9 Å². The van der Waals surface area contributed by atoms with Gasteiger partial charge in [-0.15, -0.1) is 0 Å². The third-order valence-corrected chi connectivity index (χ3v) is 5.04. The first-order valence-corrected chi connectivity index (χ1v) is 8.59. The Hall–Kier alpha value is -3.16. The molecule has 0 saturated carbocycles. The monoisotopic (exact) mass is 408 g/mol. The van der Waals surface area contributed by atoms with Gasteiger partial charge >= 0.3 is 23.9 Å². The molecule has 0 unspecified atom stereocenters. The van der Waals surface area contributed by atoms with Crippen LogP contribution in [0.5, 0.6) is 0 Å². The fourth-order valence-corrected chi connectivity index (χ4v) is 2.25. The van der Waals surface area contributed by atoms with Crippen LogP contribution in [0, 0.1) is 10.8 Å². The molecule has 0 amide bonds. The van der Waals surface area contributed by atoms with E-state index in [1.54, 1.807) is 27.7 Å². The van der Waals surface area contributed by atoms with E-state index in [1.165, 1.54) is 6.92 Å². The molecule has 29 heavy (non-hydrogen) atoms. The maximum absolute atomic E-state index is 11.9. The van der Waals surface area contributed by atoms with Gasteiger partial charge in [-0.3, -0.25) is 0 Å². The summed E-state index contributed by atoms with van der Waals surface area (Å²) in [6.45, 7) is 20.9. The lowest BCUT2D eigenvalue weighted by Gasteiger charge is -2.51. The lowest BCUT2D eigenvalue weighted by molar-refractivity contribution is -0.301. The third-order valence-electron chi connectivity index (χ3n) is 5.04. The van der Waals surface area contributed by atoms with Crippen molar-refractivity contribution in [1.82, 2.24) is 0 Å². The minimum atomic E-state index is -1.90. The van der Waals surface area contributed by atoms with Crippen molar-refractivity contribution in [2.45, 2.75) is 46.7 Å². The van der Waals surface area contributed by atoms with E-state index in [2.05, 4.69) is 26.3 Å². The average Bonchev–Trinajstić information content (AvgIpc) is 2.66. The van der Waals surface area contributed by atoms with E-state index in [-0.39, 0.29) is 0 Å². The van der Waals surface area contributed by atoms with Gasteiger partial charge in [0.1, 0.15) is 0 Å². The van der Waals surface area contributed by atoms with Gasteiger partial charge in [0.2, 0.25) is 0 Å². The molecule has 0 spiro atoms. The molecule has 0 heterocycles. The van der Waals surface area contributed by atoms with Crippen LogP contribution in [-0.2, 0) is 38.1 Å². The second-order valence-corrected chi connectivity index (χ2v) is 7.16. The maximum atomic E-state index is 11.9. The Morgan fingerprint density at radius 1 is 0.655 bits per heavy atom. The van der Waals surface area contributed by atoms with Gasteiger partial charge in [0.05, 0.1) is 10.8 Å². The van der Waals surface area contributed by atoms with Crippen LogP contribution in [0.15, 0.2) is 50.6 Å². The lowest BCUT2D eigenvalue weighted by atomic mass is 9.62. The zero-order valence-electron chi connectivity index (χ0n) is 17.5. The number of hydrogen-bond acceptors (Lipinski definition) is 8. The Bertz CT molecular complexity index is 670. The van der Waals surface area contributed by atoms with Crippen molar-refractivity contribution in [2.75, 3.05) is 0 Å². The molecule has 160 valence electrons. The fraction of sp³-hybridized carbons (Fsp3) is 0.429. The van der Waals surface area contributed by atoms with Crippen molar-refractivity contribution in [1.29, 1.82) is 0 Å². The summed E-state index contributed by atoms with van der Waals surface area (Å²) in [5, 5.41) is 0. The molecule has 0 radical (unpaired) electrons. The zero-order chi connectivity index (χ0) is 23.0. The number of rotatable bonds is 11. The summed E-state index contributed by atoms with van der Waals surface area (Å²) in [7, 11) is 0. The predicted octanol–water partition coefficient (Wildman–Crippen LogP) is 3.00. The van der Waals surface area contributed by atoms with Crippen LogP contribution < -0.4 is 0 Å². The first kappa shape index (κ1) is 25.8. The average molecular weight is 408 g/mol. The van der Waals surface area contributed by atoms with E-state index in [9.17, 15) is 19.2 Å². The Morgan fingerprint density at radius 3 is 1.24 bits per heavy atom. The second-order valence-electron chi connectivity index (χ2n) is 7.16. The molecular formula is C21H28O8. The van der Waals surface area contributed by atoms with Gasteiger partial charge in [-0.1, -0.05) is 54.0 Å². The summed E-state index contributed by atoms with van der Waals surface area (Å²) >= 11 is 0. The van der Waals surface area contributed by atoms with E-state index in [1.807, 2.05) is 0 Å². The highest BCUT2D eigenvalue weighted by Crippen LogP contribution is 2.52. The molecule has 0 N–H and O–H groups in total. The molecule has 0 aromatic carbocycles. The Balaban J connectivity index is 6.41. The summed E-state index contributed by atoms with van der Waals surface area (Å²) in [5.74, 6) is -5.34. The van der Waals surface area contributed by atoms with Gasteiger partial charge in [-0.25, -0.2) is 19.2 Å². The molecule has 0 fully saturated rings. The van der Waals surface area contributed by atoms with Crippen LogP contribution in [0.1, 0.15) is 34.6 Å². The standard InChI is InChI=1S/C21H28O8/c1-10-14(22)26-18(27-15(23)11-2)19(5,6)20(7,8)21(9,28-16(24)12-3)29-17(25)13-4/h10-13,18H,1-4H2,5-9H3. The Morgan fingerprint density at radius 2 is 0.966 bits per heavy atom. The molecule has 0 aromatic heterocycles. The largest absolute Gasteiger partial charge is 0.421 e. The minimum Gasteiger partial charge on any atom is -0.421 e. The van der Waals surface area contributed by atoms with Gasteiger partial charge in [-0.05, 0) is 0 Å². The highest BCUT2D eigenvalue weighted by molar-refractivity contribution is 5.84. The summed E-state index contributed by atoms with van der Waals surface area (Å²) in [6, 6.07) is 0. The van der Waals surface area contributed by atoms with Crippen LogP contribution in [0.4, 0.5) is 0 Å². The van der Waals surface area contributed by atoms with Crippen LogP contribution >= 0.6 is 0 Å². The molecule has 0 aliphatic carbocycles. The molecule has 0 rings (SSSR count). The topological polar surface area (TPSA) is 105 Å². The van der Waals surface area contributed by atoms with Gasteiger partial charge in [-0.2, -0.15) is 0 Å². The second kappa shape index (κ2) is 9.86. The van der Waals surface area contributed by atoms with Crippen molar-refractivity contribution in [3.05, 3.63) is 50.6 Å². The molecule has 0 bridgehead atoms. The van der Waals surface area contributed by atoms with E-state index in [0.717, 1.165) is 24.3 Å². The zero-order valence-corrected chi connectivity index (χ0v) is 17.5. The van der Waals surface area contributed by atoms with E-state index in [0.29, 0.717) is 0 Å². The molecule has 0 saturated heterocycles. The van der Waals surface area contributed by atoms with Crippen molar-refractivity contribution in [2.24, 2.45) is 10.8 Å². The van der Waals surface area contributed by atoms with Crippen LogP contribution in [0.25, 0.3) is 0 Å². The molecule has 8 nitrogen and oxygen atoms in total. The molecule has 0 aliphatic rings. The quantitative estimate of drug-likeness (QED) is 0.292. The smallest absolute Gasteiger partial charge is 0.333 e. The van der Waals surface area contributed by atoms with Crippen molar-refractivity contribution in [3.8, 4) is 0 Å². The summed E-state index contributed by atoms with van der Waals surface area (Å²) in [6.07, 6.45) is 2.11. The van der Waals surface area contributed by atoms with Crippen molar-refractivity contribution >= 4 is 23.9 Å². The van der Waals surface area contributed by atoms with Crippen LogP contribution in [-0.4, -0.2) is 36.0 Å². The highest BCUT2D eigenvalue weighted by atomic mass is 16.7. The normalized spacial score (nSPS) is 11.7. The molecule has 0 aromatic rings. The van der Waals surface area contributed by atoms with Crippen molar-refractivity contribution in [3.63, 3.8) is 0 Å². The first-order valence-electron chi connectivity index (χ1n) is 8.59. The van der Waals surface area contributed by atoms with E-state index < -0.39 is 46.8 Å². The van der Waals surface area contributed by atoms with Gasteiger partial charge in [0.15, 0.2) is 0 Å². The Kier molecular flexibility index (Phi) is 8.79. The van der Waals surface area contributed by atoms with Gasteiger partial charge in [0, 0.05) is 31.2 Å². The summed E-state index contributed by atoms with van der Waals surface area (Å²) < 4.78 is 21.1. The molecule has 8 heteroatoms.